The van der Waals surface area contributed by atoms with Gasteiger partial charge in [0.15, 0.2) is 0 Å². The number of carbonyl (C=O) groups excluding carboxylic acids is 1. The van der Waals surface area contributed by atoms with E-state index in [2.05, 4.69) is 23.7 Å². The number of amides is 1. The van der Waals surface area contributed by atoms with Crippen molar-refractivity contribution in [1.29, 1.82) is 0 Å². The number of aromatic nitrogens is 1. The maximum atomic E-state index is 11.3. The number of rotatable bonds is 4. The van der Waals surface area contributed by atoms with Crippen LogP contribution in [0.5, 0.6) is 0 Å². The Balaban J connectivity index is 3.05. The number of aryl methyl sites for hydroxylation is 1. The summed E-state index contributed by atoms with van der Waals surface area (Å²) >= 11 is 0. The first-order chi connectivity index (χ1) is 8.01. The molecule has 0 aromatic carbocycles. The van der Waals surface area contributed by atoms with Crippen LogP contribution in [0.1, 0.15) is 26.5 Å². The Kier molecular flexibility index (Phi) is 4.49. The highest BCUT2D eigenvalue weighted by molar-refractivity contribution is 5.91. The summed E-state index contributed by atoms with van der Waals surface area (Å²) in [6.45, 7) is 9.57. The van der Waals surface area contributed by atoms with E-state index in [1.807, 2.05) is 19.1 Å². The van der Waals surface area contributed by atoms with Crippen molar-refractivity contribution in [3.8, 4) is 0 Å². The third-order valence-corrected chi connectivity index (χ3v) is 2.96. The molecule has 1 aromatic heterocycles. The van der Waals surface area contributed by atoms with E-state index in [1.165, 1.54) is 0 Å². The van der Waals surface area contributed by atoms with E-state index >= 15 is 0 Å². The maximum Gasteiger partial charge on any atom is 0.223 e. The fraction of sp³-hybridized carbons (Fsp3) is 0.538. The zero-order chi connectivity index (χ0) is 13.0. The minimum atomic E-state index is 0.0190. The van der Waals surface area contributed by atoms with Crippen LogP contribution in [0.2, 0.25) is 0 Å². The number of hydrogen-bond donors (Lipinski definition) is 0. The average molecular weight is 235 g/mol. The zero-order valence-electron chi connectivity index (χ0n) is 11.3. The predicted molar refractivity (Wildman–Crippen MR) is 71.6 cm³/mol. The Bertz CT molecular complexity index is 400. The van der Waals surface area contributed by atoms with Crippen molar-refractivity contribution in [1.82, 2.24) is 4.98 Å². The minimum absolute atomic E-state index is 0.0190. The molecule has 94 valence electrons. The fourth-order valence-corrected chi connectivity index (χ4v) is 1.79. The second-order valence-corrected chi connectivity index (χ2v) is 4.02. The van der Waals surface area contributed by atoms with E-state index in [9.17, 15) is 4.79 Å². The van der Waals surface area contributed by atoms with E-state index in [4.69, 9.17) is 0 Å². The molecule has 0 spiro atoms. The Hall–Kier alpha value is -1.58. The molecule has 0 atom stereocenters. The largest absolute Gasteiger partial charge is 0.357 e. The van der Waals surface area contributed by atoms with Gasteiger partial charge in [-0.25, -0.2) is 4.98 Å². The van der Waals surface area contributed by atoms with Gasteiger partial charge in [0, 0.05) is 27.1 Å². The van der Waals surface area contributed by atoms with Crippen LogP contribution in [0.3, 0.4) is 0 Å². The van der Waals surface area contributed by atoms with Gasteiger partial charge >= 0.3 is 0 Å². The van der Waals surface area contributed by atoms with E-state index in [-0.39, 0.29) is 5.91 Å². The van der Waals surface area contributed by atoms with Gasteiger partial charge in [-0.3, -0.25) is 4.79 Å². The summed E-state index contributed by atoms with van der Waals surface area (Å²) in [4.78, 5) is 19.7. The van der Waals surface area contributed by atoms with Crippen molar-refractivity contribution in [2.75, 3.05) is 29.9 Å². The van der Waals surface area contributed by atoms with Gasteiger partial charge in [0.05, 0.1) is 11.4 Å². The summed E-state index contributed by atoms with van der Waals surface area (Å²) in [6, 6.07) is 3.92. The van der Waals surface area contributed by atoms with E-state index < -0.39 is 0 Å². The van der Waals surface area contributed by atoms with Crippen molar-refractivity contribution in [3.63, 3.8) is 0 Å². The third kappa shape index (κ3) is 2.96. The second kappa shape index (κ2) is 5.66. The lowest BCUT2D eigenvalue weighted by Crippen LogP contribution is -2.26. The van der Waals surface area contributed by atoms with Crippen LogP contribution in [-0.4, -0.2) is 31.0 Å². The molecule has 4 heteroatoms. The Morgan fingerprint density at radius 1 is 1.29 bits per heavy atom. The van der Waals surface area contributed by atoms with Crippen LogP contribution in [0.25, 0.3) is 0 Å². The lowest BCUT2D eigenvalue weighted by molar-refractivity contribution is -0.116. The molecule has 17 heavy (non-hydrogen) atoms. The van der Waals surface area contributed by atoms with Crippen molar-refractivity contribution in [3.05, 3.63) is 17.8 Å². The molecular weight excluding hydrogens is 214 g/mol. The molecule has 0 fully saturated rings. The highest BCUT2D eigenvalue weighted by atomic mass is 16.2. The van der Waals surface area contributed by atoms with E-state index in [1.54, 1.807) is 18.9 Å². The summed E-state index contributed by atoms with van der Waals surface area (Å²) in [5, 5.41) is 0. The van der Waals surface area contributed by atoms with Crippen LogP contribution < -0.4 is 9.80 Å². The van der Waals surface area contributed by atoms with E-state index in [0.717, 1.165) is 30.3 Å². The van der Waals surface area contributed by atoms with Gasteiger partial charge in [0.25, 0.3) is 0 Å². The lowest BCUT2D eigenvalue weighted by atomic mass is 10.2. The van der Waals surface area contributed by atoms with Crippen LogP contribution in [-0.2, 0) is 4.79 Å². The van der Waals surface area contributed by atoms with Crippen molar-refractivity contribution >= 4 is 17.4 Å². The summed E-state index contributed by atoms with van der Waals surface area (Å²) in [7, 11) is 1.77. The molecule has 0 unspecified atom stereocenters. The van der Waals surface area contributed by atoms with Crippen molar-refractivity contribution in [2.45, 2.75) is 27.7 Å². The molecule has 0 aliphatic heterocycles. The molecule has 1 heterocycles. The Labute approximate surface area is 103 Å². The monoisotopic (exact) mass is 235 g/mol. The molecule has 1 rings (SSSR count). The molecule has 0 saturated heterocycles. The first-order valence-electron chi connectivity index (χ1n) is 5.98. The van der Waals surface area contributed by atoms with Crippen LogP contribution >= 0.6 is 0 Å². The topological polar surface area (TPSA) is 36.4 Å². The van der Waals surface area contributed by atoms with Gasteiger partial charge in [0.1, 0.15) is 5.82 Å². The standard InChI is InChI=1S/C13H21N3O/c1-6-16(7-2)13-9-8-12(10(3)14-13)15(5)11(4)17/h8-9H,6-7H2,1-5H3. The number of nitrogens with zero attached hydrogens (tertiary/aromatic N) is 3. The van der Waals surface area contributed by atoms with Crippen LogP contribution in [0.4, 0.5) is 11.5 Å². The second-order valence-electron chi connectivity index (χ2n) is 4.02. The van der Waals surface area contributed by atoms with Gasteiger partial charge in [-0.05, 0) is 32.9 Å². The molecule has 0 radical (unpaired) electrons. The molecule has 0 N–H and O–H groups in total. The van der Waals surface area contributed by atoms with Crippen LogP contribution in [0, 0.1) is 6.92 Å². The van der Waals surface area contributed by atoms with Gasteiger partial charge in [-0.2, -0.15) is 0 Å². The normalized spacial score (nSPS) is 10.2. The smallest absolute Gasteiger partial charge is 0.223 e. The molecule has 0 aliphatic rings. The molecular formula is C13H21N3O. The minimum Gasteiger partial charge on any atom is -0.357 e. The summed E-state index contributed by atoms with van der Waals surface area (Å²) in [5.41, 5.74) is 1.75. The summed E-state index contributed by atoms with van der Waals surface area (Å²) in [5.74, 6) is 0.985. The quantitative estimate of drug-likeness (QED) is 0.803. The first-order valence-corrected chi connectivity index (χ1v) is 5.98. The fourth-order valence-electron chi connectivity index (χ4n) is 1.79. The maximum absolute atomic E-state index is 11.3. The van der Waals surface area contributed by atoms with Gasteiger partial charge in [0.2, 0.25) is 5.91 Å². The van der Waals surface area contributed by atoms with Gasteiger partial charge < -0.3 is 9.80 Å². The van der Waals surface area contributed by atoms with Gasteiger partial charge in [-0.15, -0.1) is 0 Å². The molecule has 0 aliphatic carbocycles. The number of carbonyl (C=O) groups is 1. The molecule has 1 amide bonds. The molecule has 0 saturated carbocycles. The molecule has 1 aromatic rings. The van der Waals surface area contributed by atoms with Crippen LogP contribution in [0.15, 0.2) is 12.1 Å². The Morgan fingerprint density at radius 2 is 1.88 bits per heavy atom. The summed E-state index contributed by atoms with van der Waals surface area (Å²) in [6.07, 6.45) is 0. The number of pyridine rings is 1. The molecule has 4 nitrogen and oxygen atoms in total. The highest BCUT2D eigenvalue weighted by Gasteiger charge is 2.11. The first kappa shape index (κ1) is 13.5. The van der Waals surface area contributed by atoms with E-state index in [0.29, 0.717) is 0 Å². The third-order valence-electron chi connectivity index (χ3n) is 2.96. The predicted octanol–water partition coefficient (Wildman–Crippen LogP) is 2.22. The van der Waals surface area contributed by atoms with Crippen molar-refractivity contribution in [2.24, 2.45) is 0 Å². The summed E-state index contributed by atoms with van der Waals surface area (Å²) < 4.78 is 0. The number of anilines is 2. The zero-order valence-corrected chi connectivity index (χ0v) is 11.3. The average Bonchev–Trinajstić information content (AvgIpc) is 2.30. The number of hydrogen-bond acceptors (Lipinski definition) is 3. The SMILES string of the molecule is CCN(CC)c1ccc(N(C)C(C)=O)c(C)n1. The van der Waals surface area contributed by atoms with Gasteiger partial charge in [-0.1, -0.05) is 0 Å². The lowest BCUT2D eigenvalue weighted by Gasteiger charge is -2.23. The van der Waals surface area contributed by atoms with Crippen molar-refractivity contribution < 1.29 is 4.79 Å². The Morgan fingerprint density at radius 3 is 2.29 bits per heavy atom. The molecule has 0 bridgehead atoms. The highest BCUT2D eigenvalue weighted by Crippen LogP contribution is 2.21.